The Kier molecular flexibility index (Phi) is 4.76. The summed E-state index contributed by atoms with van der Waals surface area (Å²) in [5, 5.41) is 7.26. The molecule has 0 saturated carbocycles. The molecule has 1 aliphatic rings. The van der Waals surface area contributed by atoms with Gasteiger partial charge in [0.05, 0.1) is 11.4 Å². The molecular weight excluding hydrogens is 310 g/mol. The van der Waals surface area contributed by atoms with Crippen molar-refractivity contribution in [2.24, 2.45) is 16.0 Å². The highest BCUT2D eigenvalue weighted by Gasteiger charge is 2.21. The Morgan fingerprint density at radius 1 is 1.48 bits per heavy atom. The molecule has 2 heterocycles. The fourth-order valence-electron chi connectivity index (χ4n) is 2.47. The van der Waals surface area contributed by atoms with Gasteiger partial charge in [-0.15, -0.1) is 0 Å². The lowest BCUT2D eigenvalue weighted by molar-refractivity contribution is 0.431. The van der Waals surface area contributed by atoms with Crippen molar-refractivity contribution in [1.82, 2.24) is 14.7 Å². The summed E-state index contributed by atoms with van der Waals surface area (Å²) in [6.07, 6.45) is 4.84. The lowest BCUT2D eigenvalue weighted by Gasteiger charge is -2.18. The molecule has 0 spiro atoms. The van der Waals surface area contributed by atoms with Gasteiger partial charge in [0.25, 0.3) is 0 Å². The van der Waals surface area contributed by atoms with Gasteiger partial charge in [-0.1, -0.05) is 13.0 Å². The van der Waals surface area contributed by atoms with E-state index >= 15 is 0 Å². The Morgan fingerprint density at radius 3 is 3.09 bits per heavy atom. The molecule has 122 valence electrons. The van der Waals surface area contributed by atoms with Crippen LogP contribution in [0.2, 0.25) is 0 Å². The minimum atomic E-state index is -1.38. The van der Waals surface area contributed by atoms with Crippen LogP contribution in [0, 0.1) is 5.92 Å². The third-order valence-electron chi connectivity index (χ3n) is 3.83. The number of benzene rings is 1. The van der Waals surface area contributed by atoms with Gasteiger partial charge in [-0.25, -0.2) is 9.22 Å². The van der Waals surface area contributed by atoms with Crippen LogP contribution in [0.3, 0.4) is 0 Å². The molecule has 0 fully saturated rings. The maximum absolute atomic E-state index is 12.6. The number of fused-ring (bicyclic) bond motifs is 1. The smallest absolute Gasteiger partial charge is 0.227 e. The second-order valence-corrected chi connectivity index (χ2v) is 6.62. The van der Waals surface area contributed by atoms with E-state index in [1.165, 1.54) is 0 Å². The van der Waals surface area contributed by atoms with Crippen molar-refractivity contribution >= 4 is 34.1 Å². The Bertz CT molecular complexity index is 767. The third-order valence-corrected chi connectivity index (χ3v) is 4.88. The number of guanidine groups is 1. The number of H-pyrrole nitrogens is 1. The van der Waals surface area contributed by atoms with Crippen molar-refractivity contribution in [1.29, 1.82) is 0 Å². The predicted octanol–water partition coefficient (Wildman–Crippen LogP) is 2.48. The molecule has 3 rings (SSSR count). The number of nitrogens with one attached hydrogen (secondary N) is 2. The molecule has 0 bridgehead atoms. The number of aromatic nitrogens is 1. The number of rotatable bonds is 4. The largest absolute Gasteiger partial charge is 0.361 e. The molecule has 2 unspecified atom stereocenters. The molecule has 2 atom stereocenters. The molecule has 6 nitrogen and oxygen atoms in total. The first-order valence-electron chi connectivity index (χ1n) is 7.83. The number of aliphatic imine (C=N–C) groups is 1. The van der Waals surface area contributed by atoms with E-state index < -0.39 is 11.0 Å². The van der Waals surface area contributed by atoms with E-state index in [1.807, 2.05) is 43.6 Å². The van der Waals surface area contributed by atoms with Gasteiger partial charge in [0.15, 0.2) is 11.0 Å². The van der Waals surface area contributed by atoms with Gasteiger partial charge in [0, 0.05) is 30.4 Å². The number of hydrogen-bond donors (Lipinski definition) is 2. The summed E-state index contributed by atoms with van der Waals surface area (Å²) >= 11 is 0. The second-order valence-electron chi connectivity index (χ2n) is 5.41. The quantitative estimate of drug-likeness (QED) is 0.667. The summed E-state index contributed by atoms with van der Waals surface area (Å²) in [7, 11) is -1.38. The van der Waals surface area contributed by atoms with Gasteiger partial charge in [-0.2, -0.15) is 5.10 Å². The highest BCUT2D eigenvalue weighted by atomic mass is 32.2. The van der Waals surface area contributed by atoms with E-state index in [1.54, 1.807) is 5.01 Å². The van der Waals surface area contributed by atoms with Crippen LogP contribution in [0.1, 0.15) is 20.3 Å². The Morgan fingerprint density at radius 2 is 2.35 bits per heavy atom. The molecule has 1 aromatic heterocycles. The molecular formula is C16H21N5OS. The fourth-order valence-corrected chi connectivity index (χ4v) is 3.34. The highest BCUT2D eigenvalue weighted by Crippen LogP contribution is 2.17. The summed E-state index contributed by atoms with van der Waals surface area (Å²) in [4.78, 5) is 8.25. The first-order chi connectivity index (χ1) is 11.2. The maximum Gasteiger partial charge on any atom is 0.227 e. The van der Waals surface area contributed by atoms with Gasteiger partial charge in [0.2, 0.25) is 5.96 Å². The van der Waals surface area contributed by atoms with Crippen LogP contribution in [0.5, 0.6) is 0 Å². The van der Waals surface area contributed by atoms with Crippen LogP contribution in [-0.4, -0.2) is 39.5 Å². The van der Waals surface area contributed by atoms with Crippen LogP contribution < -0.4 is 4.72 Å². The molecule has 1 aliphatic heterocycles. The Hall–Kier alpha value is -2.15. The van der Waals surface area contributed by atoms with Crippen molar-refractivity contribution in [3.63, 3.8) is 0 Å². The van der Waals surface area contributed by atoms with Crippen LogP contribution >= 0.6 is 0 Å². The predicted molar refractivity (Wildman–Crippen MR) is 94.8 cm³/mol. The van der Waals surface area contributed by atoms with Crippen molar-refractivity contribution in [3.05, 3.63) is 30.5 Å². The van der Waals surface area contributed by atoms with Crippen LogP contribution in [0.15, 0.2) is 45.5 Å². The summed E-state index contributed by atoms with van der Waals surface area (Å²) < 4.78 is 15.6. The summed E-state index contributed by atoms with van der Waals surface area (Å²) in [6.45, 7) is 5.47. The number of nitrogens with zero attached hydrogens (tertiary/aromatic N) is 3. The molecule has 7 heteroatoms. The van der Waals surface area contributed by atoms with Crippen LogP contribution in [0.25, 0.3) is 10.9 Å². The molecule has 23 heavy (non-hydrogen) atoms. The van der Waals surface area contributed by atoms with Crippen LogP contribution in [0.4, 0.5) is 0 Å². The standard InChI is InChI=1S/C16H21N5OS/c1-3-12-10-19-21(11-12)16(17-4-2)20-23(22)14-6-5-13-7-8-18-15(13)9-14/h5-10,12,18H,3-4,11H2,1-2H3,(H,17,20). The monoisotopic (exact) mass is 331 g/mol. The summed E-state index contributed by atoms with van der Waals surface area (Å²) in [6, 6.07) is 7.71. The number of hydrogen-bond acceptors (Lipinski definition) is 3. The molecule has 2 aromatic rings. The Labute approximate surface area is 138 Å². The molecule has 0 aliphatic carbocycles. The van der Waals surface area contributed by atoms with E-state index in [0.717, 1.165) is 23.9 Å². The number of aromatic amines is 1. The van der Waals surface area contributed by atoms with E-state index in [-0.39, 0.29) is 0 Å². The molecule has 0 amide bonds. The van der Waals surface area contributed by atoms with E-state index in [9.17, 15) is 4.21 Å². The Balaban J connectivity index is 1.76. The lowest BCUT2D eigenvalue weighted by atomic mass is 10.1. The van der Waals surface area contributed by atoms with Gasteiger partial charge in [-0.05, 0) is 36.9 Å². The summed E-state index contributed by atoms with van der Waals surface area (Å²) in [5.41, 5.74) is 0.969. The molecule has 2 N–H and O–H groups in total. The average Bonchev–Trinajstić information content (AvgIpc) is 3.22. The van der Waals surface area contributed by atoms with Crippen molar-refractivity contribution in [2.75, 3.05) is 13.1 Å². The van der Waals surface area contributed by atoms with E-state index in [4.69, 9.17) is 0 Å². The van der Waals surface area contributed by atoms with Gasteiger partial charge >= 0.3 is 0 Å². The van der Waals surface area contributed by atoms with E-state index in [2.05, 4.69) is 26.7 Å². The van der Waals surface area contributed by atoms with E-state index in [0.29, 0.717) is 23.3 Å². The van der Waals surface area contributed by atoms with Crippen LogP contribution in [-0.2, 0) is 11.0 Å². The number of hydrazone groups is 1. The lowest BCUT2D eigenvalue weighted by Crippen LogP contribution is -2.39. The first kappa shape index (κ1) is 15.7. The average molecular weight is 331 g/mol. The second kappa shape index (κ2) is 6.95. The summed E-state index contributed by atoms with van der Waals surface area (Å²) in [5.74, 6) is 0.979. The highest BCUT2D eigenvalue weighted by molar-refractivity contribution is 7.83. The molecule has 0 saturated heterocycles. The van der Waals surface area contributed by atoms with Crippen molar-refractivity contribution in [3.8, 4) is 0 Å². The van der Waals surface area contributed by atoms with Gasteiger partial charge in [-0.3, -0.25) is 9.71 Å². The zero-order valence-electron chi connectivity index (χ0n) is 13.3. The minimum Gasteiger partial charge on any atom is -0.361 e. The molecule has 0 radical (unpaired) electrons. The fraction of sp³-hybridized carbons (Fsp3) is 0.375. The topological polar surface area (TPSA) is 72.8 Å². The zero-order valence-corrected chi connectivity index (χ0v) is 14.1. The zero-order chi connectivity index (χ0) is 16.2. The third kappa shape index (κ3) is 3.44. The van der Waals surface area contributed by atoms with Crippen molar-refractivity contribution < 1.29 is 4.21 Å². The van der Waals surface area contributed by atoms with Crippen molar-refractivity contribution in [2.45, 2.75) is 25.2 Å². The maximum atomic E-state index is 12.6. The first-order valence-corrected chi connectivity index (χ1v) is 8.98. The normalized spacial score (nSPS) is 19.5. The molecule has 1 aromatic carbocycles. The van der Waals surface area contributed by atoms with Gasteiger partial charge < -0.3 is 4.98 Å². The minimum absolute atomic E-state index is 0.419. The van der Waals surface area contributed by atoms with Gasteiger partial charge in [0.1, 0.15) is 0 Å². The SMILES string of the molecule is CCN=C(NS(=O)c1ccc2cc[nH]c2c1)N1CC(CC)C=N1.